The van der Waals surface area contributed by atoms with E-state index in [-0.39, 0.29) is 0 Å². The lowest BCUT2D eigenvalue weighted by atomic mass is 9.75. The number of hydrogen-bond acceptors (Lipinski definition) is 2. The topological polar surface area (TPSA) is 24.9 Å². The third kappa shape index (κ3) is 3.10. The average Bonchev–Trinajstić information content (AvgIpc) is 2.43. The fraction of sp³-hybridized carbons (Fsp3) is 0.353. The number of benzene rings is 1. The van der Waals surface area contributed by atoms with Crippen molar-refractivity contribution in [3.8, 4) is 0 Å². The van der Waals surface area contributed by atoms with Crippen molar-refractivity contribution >= 4 is 15.9 Å². The quantitative estimate of drug-likeness (QED) is 0.896. The van der Waals surface area contributed by atoms with Crippen molar-refractivity contribution < 1.29 is 0 Å². The molecule has 1 aromatic heterocycles. The molecule has 1 atom stereocenters. The van der Waals surface area contributed by atoms with Gasteiger partial charge in [-0.1, -0.05) is 28.1 Å². The van der Waals surface area contributed by atoms with Crippen LogP contribution in [0.3, 0.4) is 0 Å². The van der Waals surface area contributed by atoms with Gasteiger partial charge in [-0.3, -0.25) is 4.98 Å². The minimum atomic E-state index is 0.395. The fourth-order valence-corrected chi connectivity index (χ4v) is 3.31. The molecule has 1 unspecified atom stereocenters. The Morgan fingerprint density at radius 1 is 1.20 bits per heavy atom. The molecule has 1 N–H and O–H groups in total. The molecule has 1 aliphatic carbocycles. The molecular formula is C17H19BrN2. The van der Waals surface area contributed by atoms with Crippen LogP contribution in [0.15, 0.2) is 53.3 Å². The Labute approximate surface area is 128 Å². The second-order valence-corrected chi connectivity index (χ2v) is 6.50. The summed E-state index contributed by atoms with van der Waals surface area (Å²) in [5.41, 5.74) is 2.76. The zero-order valence-corrected chi connectivity index (χ0v) is 13.2. The summed E-state index contributed by atoms with van der Waals surface area (Å²) >= 11 is 3.55. The smallest absolute Gasteiger partial charge is 0.0295 e. The molecule has 2 nitrogen and oxygen atoms in total. The van der Waals surface area contributed by atoms with E-state index in [4.69, 9.17) is 0 Å². The number of hydrogen-bond donors (Lipinski definition) is 1. The third-order valence-electron chi connectivity index (χ3n) is 4.15. The minimum Gasteiger partial charge on any atom is -0.307 e. The van der Waals surface area contributed by atoms with E-state index in [2.05, 4.69) is 69.6 Å². The molecule has 1 aromatic carbocycles. The van der Waals surface area contributed by atoms with E-state index in [0.29, 0.717) is 18.0 Å². The summed E-state index contributed by atoms with van der Waals surface area (Å²) in [5, 5.41) is 3.71. The molecule has 0 saturated heterocycles. The summed E-state index contributed by atoms with van der Waals surface area (Å²) in [5.74, 6) is 0.703. The van der Waals surface area contributed by atoms with Crippen LogP contribution in [0.25, 0.3) is 0 Å². The van der Waals surface area contributed by atoms with Gasteiger partial charge < -0.3 is 5.32 Å². The van der Waals surface area contributed by atoms with Gasteiger partial charge in [0, 0.05) is 29.0 Å². The second-order valence-electron chi connectivity index (χ2n) is 5.59. The summed E-state index contributed by atoms with van der Waals surface area (Å²) in [6.07, 6.45) is 6.18. The number of nitrogens with one attached hydrogen (secondary N) is 1. The van der Waals surface area contributed by atoms with E-state index >= 15 is 0 Å². The first-order chi connectivity index (χ1) is 9.72. The SMILES string of the molecule is CC(NC1CC(c2cccc(Br)c2)C1)c1ccncc1. The van der Waals surface area contributed by atoms with Gasteiger partial charge in [0.15, 0.2) is 0 Å². The van der Waals surface area contributed by atoms with Gasteiger partial charge in [-0.25, -0.2) is 0 Å². The highest BCUT2D eigenvalue weighted by molar-refractivity contribution is 9.10. The molecule has 0 radical (unpaired) electrons. The maximum Gasteiger partial charge on any atom is 0.0295 e. The normalized spacial score (nSPS) is 23.1. The van der Waals surface area contributed by atoms with Crippen LogP contribution in [0.5, 0.6) is 0 Å². The molecule has 1 aliphatic rings. The average molecular weight is 331 g/mol. The molecule has 0 aliphatic heterocycles. The van der Waals surface area contributed by atoms with Gasteiger partial charge in [0.1, 0.15) is 0 Å². The van der Waals surface area contributed by atoms with E-state index in [9.17, 15) is 0 Å². The van der Waals surface area contributed by atoms with Crippen molar-refractivity contribution in [3.63, 3.8) is 0 Å². The van der Waals surface area contributed by atoms with Crippen LogP contribution in [0, 0.1) is 0 Å². The lowest BCUT2D eigenvalue weighted by Crippen LogP contribution is -2.41. The van der Waals surface area contributed by atoms with Gasteiger partial charge in [-0.2, -0.15) is 0 Å². The van der Waals surface area contributed by atoms with Gasteiger partial charge in [0.25, 0.3) is 0 Å². The number of halogens is 1. The molecule has 2 aromatic rings. The van der Waals surface area contributed by atoms with E-state index in [0.717, 1.165) is 0 Å². The molecule has 1 saturated carbocycles. The van der Waals surface area contributed by atoms with Crippen molar-refractivity contribution in [3.05, 3.63) is 64.4 Å². The zero-order valence-electron chi connectivity index (χ0n) is 11.6. The second kappa shape index (κ2) is 6.06. The van der Waals surface area contributed by atoms with Crippen LogP contribution in [0.1, 0.15) is 42.9 Å². The number of aromatic nitrogens is 1. The standard InChI is InChI=1S/C17H19BrN2/c1-12(13-5-7-19-8-6-13)20-17-10-15(11-17)14-3-2-4-16(18)9-14/h2-9,12,15,17,20H,10-11H2,1H3. The Bertz CT molecular complexity index is 564. The van der Waals surface area contributed by atoms with Gasteiger partial charge in [0.2, 0.25) is 0 Å². The van der Waals surface area contributed by atoms with Crippen molar-refractivity contribution in [1.29, 1.82) is 0 Å². The van der Waals surface area contributed by atoms with E-state index in [1.54, 1.807) is 0 Å². The lowest BCUT2D eigenvalue weighted by Gasteiger charge is -2.38. The Balaban J connectivity index is 1.54. The molecule has 1 fully saturated rings. The molecular weight excluding hydrogens is 312 g/mol. The maximum absolute atomic E-state index is 4.07. The van der Waals surface area contributed by atoms with Crippen molar-refractivity contribution in [2.24, 2.45) is 0 Å². The molecule has 20 heavy (non-hydrogen) atoms. The van der Waals surface area contributed by atoms with Gasteiger partial charge in [-0.05, 0) is 61.1 Å². The predicted molar refractivity (Wildman–Crippen MR) is 85.7 cm³/mol. The fourth-order valence-electron chi connectivity index (χ4n) is 2.89. The third-order valence-corrected chi connectivity index (χ3v) is 4.64. The maximum atomic E-state index is 4.07. The molecule has 104 valence electrons. The predicted octanol–water partition coefficient (Wildman–Crippen LogP) is 4.44. The Hall–Kier alpha value is -1.19. The summed E-state index contributed by atoms with van der Waals surface area (Å²) < 4.78 is 1.18. The van der Waals surface area contributed by atoms with Gasteiger partial charge in [-0.15, -0.1) is 0 Å². The molecule has 0 spiro atoms. The van der Waals surface area contributed by atoms with Crippen molar-refractivity contribution in [2.45, 2.75) is 37.8 Å². The van der Waals surface area contributed by atoms with E-state index < -0.39 is 0 Å². The number of pyridine rings is 1. The van der Waals surface area contributed by atoms with Crippen LogP contribution < -0.4 is 5.32 Å². The summed E-state index contributed by atoms with van der Waals surface area (Å²) in [6, 6.07) is 13.9. The largest absolute Gasteiger partial charge is 0.307 e. The van der Waals surface area contributed by atoms with Crippen LogP contribution in [0.2, 0.25) is 0 Å². The first-order valence-electron chi connectivity index (χ1n) is 7.14. The number of rotatable bonds is 4. The van der Waals surface area contributed by atoms with Crippen molar-refractivity contribution in [2.75, 3.05) is 0 Å². The molecule has 1 heterocycles. The lowest BCUT2D eigenvalue weighted by molar-refractivity contribution is 0.271. The zero-order chi connectivity index (χ0) is 13.9. The molecule has 0 bridgehead atoms. The molecule has 3 rings (SSSR count). The van der Waals surface area contributed by atoms with Crippen LogP contribution in [-0.4, -0.2) is 11.0 Å². The minimum absolute atomic E-state index is 0.395. The summed E-state index contributed by atoms with van der Waals surface area (Å²) in [7, 11) is 0. The Morgan fingerprint density at radius 2 is 1.95 bits per heavy atom. The molecule has 3 heteroatoms. The number of nitrogens with zero attached hydrogens (tertiary/aromatic N) is 1. The Kier molecular flexibility index (Phi) is 4.18. The van der Waals surface area contributed by atoms with Crippen molar-refractivity contribution in [1.82, 2.24) is 10.3 Å². The first-order valence-corrected chi connectivity index (χ1v) is 7.93. The highest BCUT2D eigenvalue weighted by Gasteiger charge is 2.31. The van der Waals surface area contributed by atoms with Crippen LogP contribution >= 0.6 is 15.9 Å². The first kappa shape index (κ1) is 13.8. The summed E-state index contributed by atoms with van der Waals surface area (Å²) in [6.45, 7) is 2.22. The van der Waals surface area contributed by atoms with Gasteiger partial charge in [0.05, 0.1) is 0 Å². The van der Waals surface area contributed by atoms with E-state index in [1.165, 1.54) is 28.4 Å². The summed E-state index contributed by atoms with van der Waals surface area (Å²) in [4.78, 5) is 4.07. The highest BCUT2D eigenvalue weighted by Crippen LogP contribution is 2.38. The van der Waals surface area contributed by atoms with Gasteiger partial charge >= 0.3 is 0 Å². The van der Waals surface area contributed by atoms with E-state index in [1.807, 2.05) is 12.4 Å². The van der Waals surface area contributed by atoms with Crippen LogP contribution in [0.4, 0.5) is 0 Å². The Morgan fingerprint density at radius 3 is 2.65 bits per heavy atom. The monoisotopic (exact) mass is 330 g/mol. The molecule has 0 amide bonds. The highest BCUT2D eigenvalue weighted by atomic mass is 79.9. The van der Waals surface area contributed by atoms with Crippen LogP contribution in [-0.2, 0) is 0 Å².